The van der Waals surface area contributed by atoms with Crippen molar-refractivity contribution in [3.05, 3.63) is 35.6 Å². The van der Waals surface area contributed by atoms with Gasteiger partial charge in [-0.3, -0.25) is 4.79 Å². The summed E-state index contributed by atoms with van der Waals surface area (Å²) < 4.78 is 11.6. The van der Waals surface area contributed by atoms with Gasteiger partial charge in [0, 0.05) is 38.1 Å². The molecule has 5 nitrogen and oxygen atoms in total. The van der Waals surface area contributed by atoms with Crippen LogP contribution in [0.25, 0.3) is 11.0 Å². The fourth-order valence-corrected chi connectivity index (χ4v) is 3.60. The Morgan fingerprint density at radius 3 is 2.71 bits per heavy atom. The molecule has 130 valence electrons. The number of hydrogen-bond donors (Lipinski definition) is 1. The van der Waals surface area contributed by atoms with Gasteiger partial charge >= 0.3 is 0 Å². The second-order valence-corrected chi connectivity index (χ2v) is 6.46. The predicted molar refractivity (Wildman–Crippen MR) is 93.9 cm³/mol. The van der Waals surface area contributed by atoms with Gasteiger partial charge in [-0.2, -0.15) is 0 Å². The number of nitrogens with one attached hydrogen (secondary N) is 1. The van der Waals surface area contributed by atoms with E-state index in [-0.39, 0.29) is 5.91 Å². The Hall–Kier alpha value is -1.85. The minimum atomic E-state index is -0.702. The molecule has 1 N–H and O–H groups in total. The fourth-order valence-electron chi connectivity index (χ4n) is 3.60. The summed E-state index contributed by atoms with van der Waals surface area (Å²) in [6, 6.07) is 8.01. The fraction of sp³-hybridized carbons (Fsp3) is 0.526. The second-order valence-electron chi connectivity index (χ2n) is 6.46. The zero-order valence-electron chi connectivity index (χ0n) is 14.7. The molecule has 1 amide bonds. The van der Waals surface area contributed by atoms with E-state index >= 15 is 0 Å². The number of aryl methyl sites for hydroxylation is 1. The maximum atomic E-state index is 13.1. The highest BCUT2D eigenvalue weighted by atomic mass is 16.5. The summed E-state index contributed by atoms with van der Waals surface area (Å²) in [5.74, 6) is 1.01. The molecule has 5 heteroatoms. The Kier molecular flexibility index (Phi) is 4.92. The molecular formula is C19H26N2O3. The van der Waals surface area contributed by atoms with Crippen molar-refractivity contribution < 1.29 is 13.9 Å². The van der Waals surface area contributed by atoms with Crippen LogP contribution in [0.15, 0.2) is 28.7 Å². The lowest BCUT2D eigenvalue weighted by molar-refractivity contribution is -0.157. The first-order valence-electron chi connectivity index (χ1n) is 8.62. The van der Waals surface area contributed by atoms with E-state index in [9.17, 15) is 4.79 Å². The number of furan rings is 1. The Morgan fingerprint density at radius 1 is 1.33 bits per heavy atom. The molecule has 1 aliphatic rings. The minimum Gasteiger partial charge on any atom is -0.461 e. The minimum absolute atomic E-state index is 0.0545. The summed E-state index contributed by atoms with van der Waals surface area (Å²) in [6.45, 7) is 4.23. The summed E-state index contributed by atoms with van der Waals surface area (Å²) >= 11 is 0. The molecule has 3 rings (SSSR count). The third-order valence-corrected chi connectivity index (χ3v) is 5.04. The molecule has 2 aromatic rings. The SMILES string of the molecule is CCc1oc2ccccc2c1CN(C)C(=O)C1(OC)CCNCC1. The van der Waals surface area contributed by atoms with E-state index < -0.39 is 5.60 Å². The molecule has 24 heavy (non-hydrogen) atoms. The number of fused-ring (bicyclic) bond motifs is 1. The van der Waals surface area contributed by atoms with Crippen molar-refractivity contribution in [2.45, 2.75) is 38.3 Å². The van der Waals surface area contributed by atoms with Gasteiger partial charge < -0.3 is 19.4 Å². The first-order chi connectivity index (χ1) is 11.6. The van der Waals surface area contributed by atoms with Gasteiger partial charge in [-0.05, 0) is 32.0 Å². The van der Waals surface area contributed by atoms with Crippen LogP contribution in [0.2, 0.25) is 0 Å². The maximum Gasteiger partial charge on any atom is 0.254 e. The van der Waals surface area contributed by atoms with E-state index in [1.807, 2.05) is 25.2 Å². The quantitative estimate of drug-likeness (QED) is 0.916. The molecule has 1 saturated heterocycles. The van der Waals surface area contributed by atoms with E-state index in [2.05, 4.69) is 18.3 Å². The summed E-state index contributed by atoms with van der Waals surface area (Å²) in [5.41, 5.74) is 1.28. The van der Waals surface area contributed by atoms with Crippen LogP contribution < -0.4 is 5.32 Å². The number of likely N-dealkylation sites (N-methyl/N-ethyl adjacent to an activating group) is 1. The number of amides is 1. The van der Waals surface area contributed by atoms with Gasteiger partial charge in [0.15, 0.2) is 0 Å². The third-order valence-electron chi connectivity index (χ3n) is 5.04. The van der Waals surface area contributed by atoms with E-state index in [0.717, 1.165) is 41.8 Å². The highest BCUT2D eigenvalue weighted by Crippen LogP contribution is 2.30. The van der Waals surface area contributed by atoms with Crippen LogP contribution in [-0.4, -0.2) is 43.7 Å². The van der Waals surface area contributed by atoms with Crippen LogP contribution in [0.5, 0.6) is 0 Å². The zero-order chi connectivity index (χ0) is 17.2. The maximum absolute atomic E-state index is 13.1. The highest BCUT2D eigenvalue weighted by Gasteiger charge is 2.41. The second kappa shape index (κ2) is 6.95. The molecule has 1 aliphatic heterocycles. The number of methoxy groups -OCH3 is 1. The summed E-state index contributed by atoms with van der Waals surface area (Å²) in [6.07, 6.45) is 2.23. The zero-order valence-corrected chi connectivity index (χ0v) is 14.7. The highest BCUT2D eigenvalue weighted by molar-refractivity contribution is 5.87. The van der Waals surface area contributed by atoms with Gasteiger partial charge in [-0.1, -0.05) is 25.1 Å². The number of benzene rings is 1. The van der Waals surface area contributed by atoms with E-state index in [0.29, 0.717) is 19.4 Å². The van der Waals surface area contributed by atoms with Gasteiger partial charge in [0.05, 0.1) is 0 Å². The van der Waals surface area contributed by atoms with Crippen LogP contribution in [-0.2, 0) is 22.5 Å². The van der Waals surface area contributed by atoms with Crippen molar-refractivity contribution in [1.29, 1.82) is 0 Å². The molecule has 2 heterocycles. The molecule has 1 aromatic heterocycles. The number of ether oxygens (including phenoxy) is 1. The number of piperidine rings is 1. The van der Waals surface area contributed by atoms with Crippen LogP contribution in [0, 0.1) is 0 Å². The molecule has 0 spiro atoms. The van der Waals surface area contributed by atoms with Crippen molar-refractivity contribution in [3.8, 4) is 0 Å². The standard InChI is InChI=1S/C19H26N2O3/c1-4-16-15(14-7-5-6-8-17(14)24-16)13-21(2)18(22)19(23-3)9-11-20-12-10-19/h5-8,20H,4,9-13H2,1-3H3. The number of carbonyl (C=O) groups is 1. The van der Waals surface area contributed by atoms with Gasteiger partial charge in [-0.25, -0.2) is 0 Å². The molecule has 1 fully saturated rings. The molecule has 0 bridgehead atoms. The monoisotopic (exact) mass is 330 g/mol. The van der Waals surface area contributed by atoms with Crippen LogP contribution in [0.4, 0.5) is 0 Å². The number of carbonyl (C=O) groups excluding carboxylic acids is 1. The summed E-state index contributed by atoms with van der Waals surface area (Å²) in [7, 11) is 3.49. The molecular weight excluding hydrogens is 304 g/mol. The van der Waals surface area contributed by atoms with Crippen molar-refractivity contribution in [1.82, 2.24) is 10.2 Å². The predicted octanol–water partition coefficient (Wildman–Crippen LogP) is 2.72. The lowest BCUT2D eigenvalue weighted by Crippen LogP contribution is -2.54. The lowest BCUT2D eigenvalue weighted by atomic mass is 9.90. The molecule has 0 radical (unpaired) electrons. The topological polar surface area (TPSA) is 54.7 Å². The first kappa shape index (κ1) is 17.0. The van der Waals surface area contributed by atoms with Crippen molar-refractivity contribution in [3.63, 3.8) is 0 Å². The number of hydrogen-bond acceptors (Lipinski definition) is 4. The molecule has 1 aromatic carbocycles. The number of nitrogens with zero attached hydrogens (tertiary/aromatic N) is 1. The van der Waals surface area contributed by atoms with E-state index in [1.54, 1.807) is 12.0 Å². The Labute approximate surface area is 143 Å². The van der Waals surface area contributed by atoms with Gasteiger partial charge in [0.25, 0.3) is 5.91 Å². The summed E-state index contributed by atoms with van der Waals surface area (Å²) in [5, 5.41) is 4.38. The van der Waals surface area contributed by atoms with Gasteiger partial charge in [0.1, 0.15) is 16.9 Å². The largest absolute Gasteiger partial charge is 0.461 e. The average molecular weight is 330 g/mol. The molecule has 0 saturated carbocycles. The normalized spacial score (nSPS) is 17.1. The Morgan fingerprint density at radius 2 is 2.04 bits per heavy atom. The van der Waals surface area contributed by atoms with Crippen molar-refractivity contribution in [2.75, 3.05) is 27.2 Å². The lowest BCUT2D eigenvalue weighted by Gasteiger charge is -2.37. The van der Waals surface area contributed by atoms with Crippen molar-refractivity contribution >= 4 is 16.9 Å². The van der Waals surface area contributed by atoms with E-state index in [1.165, 1.54) is 0 Å². The Balaban J connectivity index is 1.86. The molecule has 0 atom stereocenters. The first-order valence-corrected chi connectivity index (χ1v) is 8.62. The van der Waals surface area contributed by atoms with Crippen LogP contribution in [0.3, 0.4) is 0 Å². The smallest absolute Gasteiger partial charge is 0.254 e. The van der Waals surface area contributed by atoms with E-state index in [4.69, 9.17) is 9.15 Å². The molecule has 0 aliphatic carbocycles. The summed E-state index contributed by atoms with van der Waals surface area (Å²) in [4.78, 5) is 14.8. The van der Waals surface area contributed by atoms with Gasteiger partial charge in [0.2, 0.25) is 0 Å². The van der Waals surface area contributed by atoms with Crippen LogP contribution in [0.1, 0.15) is 31.1 Å². The van der Waals surface area contributed by atoms with Crippen molar-refractivity contribution in [2.24, 2.45) is 0 Å². The van der Waals surface area contributed by atoms with Crippen LogP contribution >= 0.6 is 0 Å². The average Bonchev–Trinajstić information content (AvgIpc) is 2.99. The van der Waals surface area contributed by atoms with Gasteiger partial charge in [-0.15, -0.1) is 0 Å². The molecule has 0 unspecified atom stereocenters. The third kappa shape index (κ3) is 2.94. The number of para-hydroxylation sites is 1. The Bertz CT molecular complexity index is 716. The number of rotatable bonds is 5.